The van der Waals surface area contributed by atoms with Crippen molar-refractivity contribution in [3.05, 3.63) is 0 Å². The van der Waals surface area contributed by atoms with E-state index in [4.69, 9.17) is 14.2 Å². The maximum Gasteiger partial charge on any atom is 0.333 e. The van der Waals surface area contributed by atoms with Gasteiger partial charge in [-0.1, -0.05) is 0 Å². The number of ether oxygens (including phenoxy) is 3. The third kappa shape index (κ3) is 3.60. The van der Waals surface area contributed by atoms with Crippen LogP contribution in [0.15, 0.2) is 0 Å². The van der Waals surface area contributed by atoms with Gasteiger partial charge < -0.3 is 19.1 Å². The average Bonchev–Trinajstić information content (AvgIpc) is 2.64. The second kappa shape index (κ2) is 6.38. The van der Waals surface area contributed by atoms with Gasteiger partial charge >= 0.3 is 17.9 Å². The molecule has 2 saturated heterocycles. The van der Waals surface area contributed by atoms with Crippen molar-refractivity contribution in [1.82, 2.24) is 4.90 Å². The number of amides is 1. The van der Waals surface area contributed by atoms with E-state index in [9.17, 15) is 19.2 Å². The molecule has 2 fully saturated rings. The van der Waals surface area contributed by atoms with E-state index in [1.165, 1.54) is 37.4 Å². The van der Waals surface area contributed by atoms with Gasteiger partial charge in [-0.3, -0.25) is 14.4 Å². The largest absolute Gasteiger partial charge is 0.464 e. The molecular weight excluding hydrogens is 326 g/mol. The van der Waals surface area contributed by atoms with Crippen molar-refractivity contribution >= 4 is 35.6 Å². The van der Waals surface area contributed by atoms with Crippen LogP contribution in [-0.2, 0) is 33.4 Å². The summed E-state index contributed by atoms with van der Waals surface area (Å²) in [4.78, 5) is 47.7. The maximum atomic E-state index is 12.5. The zero-order valence-electron chi connectivity index (χ0n) is 13.4. The highest BCUT2D eigenvalue weighted by Gasteiger charge is 2.61. The van der Waals surface area contributed by atoms with Gasteiger partial charge in [-0.05, 0) is 6.92 Å². The average molecular weight is 345 g/mol. The van der Waals surface area contributed by atoms with Crippen molar-refractivity contribution < 1.29 is 33.4 Å². The second-order valence-electron chi connectivity index (χ2n) is 5.69. The number of β-lactam (4-membered cyclic amide) rings is 1. The van der Waals surface area contributed by atoms with Crippen LogP contribution < -0.4 is 0 Å². The fourth-order valence-electron chi connectivity index (χ4n) is 2.69. The fourth-order valence-corrected chi connectivity index (χ4v) is 4.35. The van der Waals surface area contributed by atoms with Crippen molar-refractivity contribution in [3.8, 4) is 0 Å². The van der Waals surface area contributed by atoms with Crippen molar-refractivity contribution in [2.45, 2.75) is 56.6 Å². The van der Waals surface area contributed by atoms with Crippen molar-refractivity contribution in [3.63, 3.8) is 0 Å². The first-order chi connectivity index (χ1) is 10.6. The number of thioether (sulfide) groups is 1. The SMILES string of the molecule is CC(=O)OCC1(C)SC2CC(=O)N2C1C(=O)OC(C)OC(C)=O. The van der Waals surface area contributed by atoms with Crippen LogP contribution in [0.5, 0.6) is 0 Å². The van der Waals surface area contributed by atoms with Gasteiger partial charge in [-0.25, -0.2) is 4.79 Å². The summed E-state index contributed by atoms with van der Waals surface area (Å²) >= 11 is 1.41. The molecule has 2 aliphatic heterocycles. The molecular formula is C14H19NO7S. The molecule has 8 nitrogen and oxygen atoms in total. The van der Waals surface area contributed by atoms with Crippen molar-refractivity contribution in [2.24, 2.45) is 0 Å². The molecule has 128 valence electrons. The minimum Gasteiger partial charge on any atom is -0.464 e. The lowest BCUT2D eigenvalue weighted by atomic mass is 9.97. The van der Waals surface area contributed by atoms with E-state index in [0.29, 0.717) is 6.42 Å². The van der Waals surface area contributed by atoms with Crippen LogP contribution in [0.3, 0.4) is 0 Å². The van der Waals surface area contributed by atoms with Crippen LogP contribution in [0.25, 0.3) is 0 Å². The van der Waals surface area contributed by atoms with Crippen LogP contribution in [0.1, 0.15) is 34.1 Å². The number of rotatable bonds is 5. The van der Waals surface area contributed by atoms with E-state index >= 15 is 0 Å². The van der Waals surface area contributed by atoms with Gasteiger partial charge in [-0.15, -0.1) is 11.8 Å². The Hall–Kier alpha value is -1.77. The summed E-state index contributed by atoms with van der Waals surface area (Å²) in [5.74, 6) is -1.88. The van der Waals surface area contributed by atoms with E-state index in [2.05, 4.69) is 0 Å². The minimum atomic E-state index is -1.06. The van der Waals surface area contributed by atoms with Gasteiger partial charge in [0.25, 0.3) is 0 Å². The van der Waals surface area contributed by atoms with Gasteiger partial charge in [0.1, 0.15) is 12.6 Å². The number of hydrogen-bond acceptors (Lipinski definition) is 8. The number of hydrogen-bond donors (Lipinski definition) is 0. The lowest BCUT2D eigenvalue weighted by molar-refractivity contribution is -0.190. The van der Waals surface area contributed by atoms with E-state index in [1.807, 2.05) is 0 Å². The quantitative estimate of drug-likeness (QED) is 0.402. The summed E-state index contributed by atoms with van der Waals surface area (Å²) in [7, 11) is 0. The number of nitrogens with zero attached hydrogens (tertiary/aromatic N) is 1. The molecule has 2 rings (SSSR count). The van der Waals surface area contributed by atoms with Crippen LogP contribution in [-0.4, -0.2) is 57.8 Å². The molecule has 0 spiro atoms. The lowest BCUT2D eigenvalue weighted by Crippen LogP contribution is -2.59. The Morgan fingerprint density at radius 2 is 1.96 bits per heavy atom. The van der Waals surface area contributed by atoms with E-state index in [0.717, 1.165) is 0 Å². The third-order valence-corrected chi connectivity index (χ3v) is 5.15. The van der Waals surface area contributed by atoms with E-state index in [-0.39, 0.29) is 17.9 Å². The summed E-state index contributed by atoms with van der Waals surface area (Å²) in [6, 6.07) is -0.892. The topological polar surface area (TPSA) is 99.2 Å². The van der Waals surface area contributed by atoms with Crippen LogP contribution >= 0.6 is 11.8 Å². The highest BCUT2D eigenvalue weighted by molar-refractivity contribution is 8.01. The summed E-state index contributed by atoms with van der Waals surface area (Å²) in [5, 5.41) is -0.135. The molecule has 23 heavy (non-hydrogen) atoms. The molecule has 0 N–H and O–H groups in total. The first-order valence-electron chi connectivity index (χ1n) is 7.14. The summed E-state index contributed by atoms with van der Waals surface area (Å²) in [6.07, 6.45) is -0.720. The lowest BCUT2D eigenvalue weighted by Gasteiger charge is -2.37. The van der Waals surface area contributed by atoms with Gasteiger partial charge in [0, 0.05) is 20.8 Å². The molecule has 1 amide bonds. The molecule has 4 unspecified atom stereocenters. The monoisotopic (exact) mass is 345 g/mol. The molecule has 9 heteroatoms. The molecule has 0 radical (unpaired) electrons. The Morgan fingerprint density at radius 3 is 2.48 bits per heavy atom. The van der Waals surface area contributed by atoms with Gasteiger partial charge in [0.15, 0.2) is 0 Å². The zero-order chi connectivity index (χ0) is 17.4. The van der Waals surface area contributed by atoms with Crippen LogP contribution in [0.4, 0.5) is 0 Å². The van der Waals surface area contributed by atoms with E-state index < -0.39 is 35.0 Å². The highest BCUT2D eigenvalue weighted by atomic mass is 32.2. The fraction of sp³-hybridized carbons (Fsp3) is 0.714. The molecule has 0 aromatic rings. The predicted octanol–water partition coefficient (Wildman–Crippen LogP) is 0.434. The molecule has 0 aromatic carbocycles. The second-order valence-corrected chi connectivity index (χ2v) is 7.40. The van der Waals surface area contributed by atoms with E-state index in [1.54, 1.807) is 6.92 Å². The Bertz CT molecular complexity index is 551. The van der Waals surface area contributed by atoms with Gasteiger partial charge in [-0.2, -0.15) is 0 Å². The Balaban J connectivity index is 2.13. The molecule has 0 bridgehead atoms. The smallest absolute Gasteiger partial charge is 0.333 e. The first kappa shape index (κ1) is 17.6. The molecule has 0 aromatic heterocycles. The predicted molar refractivity (Wildman–Crippen MR) is 79.0 cm³/mol. The summed E-state index contributed by atoms with van der Waals surface area (Å²) in [6.45, 7) is 5.62. The molecule has 0 saturated carbocycles. The van der Waals surface area contributed by atoms with Crippen LogP contribution in [0.2, 0.25) is 0 Å². The molecule has 0 aliphatic carbocycles. The van der Waals surface area contributed by atoms with Gasteiger partial charge in [0.05, 0.1) is 16.5 Å². The molecule has 2 aliphatic rings. The zero-order valence-corrected chi connectivity index (χ0v) is 14.2. The Morgan fingerprint density at radius 1 is 1.30 bits per heavy atom. The number of fused-ring (bicyclic) bond motifs is 1. The number of carbonyl (C=O) groups is 4. The maximum absolute atomic E-state index is 12.5. The molecule has 2 heterocycles. The van der Waals surface area contributed by atoms with Crippen molar-refractivity contribution in [1.29, 1.82) is 0 Å². The molecule has 4 atom stereocenters. The normalized spacial score (nSPS) is 30.1. The number of esters is 3. The Labute approximate surface area is 137 Å². The van der Waals surface area contributed by atoms with Crippen molar-refractivity contribution in [2.75, 3.05) is 6.61 Å². The van der Waals surface area contributed by atoms with Gasteiger partial charge in [0.2, 0.25) is 12.2 Å². The minimum absolute atomic E-state index is 0.0189. The Kier molecular flexibility index (Phi) is 4.88. The van der Waals surface area contributed by atoms with Crippen LogP contribution in [0, 0.1) is 0 Å². The third-order valence-electron chi connectivity index (χ3n) is 3.61. The number of carbonyl (C=O) groups excluding carboxylic acids is 4. The standard InChI is InChI=1S/C14H19NO7S/c1-7(16)20-6-14(4)12(15-10(18)5-11(15)23-14)13(19)22-9(3)21-8(2)17/h9,11-12H,5-6H2,1-4H3. The summed E-state index contributed by atoms with van der Waals surface area (Å²) in [5.41, 5.74) is 0. The summed E-state index contributed by atoms with van der Waals surface area (Å²) < 4.78 is 14.1. The first-order valence-corrected chi connectivity index (χ1v) is 8.02. The highest BCUT2D eigenvalue weighted by Crippen LogP contribution is 2.51.